The molecule has 0 saturated carbocycles. The first kappa shape index (κ1) is 21.0. The standard InChI is InChI=1S/C15H29N3O5/c1-14(2,3)22-12(20)17-8-7-11(19)16-9-10-18-13(21)23-15(4,5)6/h7-10H2,1-6H3,(H,16,19)(H,17,20)(H,18,21). The highest BCUT2D eigenvalue weighted by Crippen LogP contribution is 2.06. The SMILES string of the molecule is CC(C)(C)OC(=O)NCCNC(=O)CCNC(=O)OC(C)(C)C. The van der Waals surface area contributed by atoms with Crippen molar-refractivity contribution in [3.63, 3.8) is 0 Å². The Morgan fingerprint density at radius 3 is 1.52 bits per heavy atom. The van der Waals surface area contributed by atoms with Crippen LogP contribution in [0.4, 0.5) is 9.59 Å². The van der Waals surface area contributed by atoms with Gasteiger partial charge in [-0.25, -0.2) is 9.59 Å². The van der Waals surface area contributed by atoms with Crippen molar-refractivity contribution >= 4 is 18.1 Å². The van der Waals surface area contributed by atoms with Gasteiger partial charge in [0, 0.05) is 26.1 Å². The molecule has 0 radical (unpaired) electrons. The Balaban J connectivity index is 3.69. The maximum atomic E-state index is 11.5. The molecular formula is C15H29N3O5. The van der Waals surface area contributed by atoms with Crippen LogP contribution in [0.25, 0.3) is 0 Å². The maximum absolute atomic E-state index is 11.5. The summed E-state index contributed by atoms with van der Waals surface area (Å²) >= 11 is 0. The fourth-order valence-electron chi connectivity index (χ4n) is 1.36. The molecule has 0 aromatic carbocycles. The molecule has 0 bridgehead atoms. The van der Waals surface area contributed by atoms with Crippen LogP contribution in [0, 0.1) is 0 Å². The molecule has 3 N–H and O–H groups in total. The number of hydrogen-bond donors (Lipinski definition) is 3. The van der Waals surface area contributed by atoms with Gasteiger partial charge in [-0.05, 0) is 41.5 Å². The zero-order valence-electron chi connectivity index (χ0n) is 14.9. The average Bonchev–Trinajstić information content (AvgIpc) is 2.30. The summed E-state index contributed by atoms with van der Waals surface area (Å²) in [6.45, 7) is 11.3. The Morgan fingerprint density at radius 2 is 1.09 bits per heavy atom. The summed E-state index contributed by atoms with van der Waals surface area (Å²) in [7, 11) is 0. The van der Waals surface area contributed by atoms with Crippen molar-refractivity contribution in [2.45, 2.75) is 59.2 Å². The second-order valence-corrected chi connectivity index (χ2v) is 6.96. The van der Waals surface area contributed by atoms with Crippen molar-refractivity contribution in [1.29, 1.82) is 0 Å². The van der Waals surface area contributed by atoms with E-state index in [1.54, 1.807) is 41.5 Å². The van der Waals surface area contributed by atoms with E-state index in [0.717, 1.165) is 0 Å². The lowest BCUT2D eigenvalue weighted by molar-refractivity contribution is -0.120. The third-order valence-corrected chi connectivity index (χ3v) is 2.14. The molecule has 0 saturated heterocycles. The lowest BCUT2D eigenvalue weighted by Crippen LogP contribution is -2.39. The van der Waals surface area contributed by atoms with Gasteiger partial charge >= 0.3 is 12.2 Å². The molecule has 8 heteroatoms. The van der Waals surface area contributed by atoms with Crippen LogP contribution in [0.3, 0.4) is 0 Å². The molecule has 0 aromatic rings. The first-order chi connectivity index (χ1) is 10.4. The number of ether oxygens (including phenoxy) is 2. The van der Waals surface area contributed by atoms with Gasteiger partial charge in [0.05, 0.1) is 0 Å². The molecular weight excluding hydrogens is 302 g/mol. The van der Waals surface area contributed by atoms with Crippen molar-refractivity contribution in [3.05, 3.63) is 0 Å². The number of carbonyl (C=O) groups is 3. The van der Waals surface area contributed by atoms with Gasteiger partial charge in [-0.1, -0.05) is 0 Å². The minimum atomic E-state index is -0.570. The molecule has 0 rings (SSSR count). The summed E-state index contributed by atoms with van der Waals surface area (Å²) in [6.07, 6.45) is -0.957. The van der Waals surface area contributed by atoms with Crippen LogP contribution in [0.5, 0.6) is 0 Å². The number of hydrogen-bond acceptors (Lipinski definition) is 5. The van der Waals surface area contributed by atoms with Gasteiger partial charge in [-0.2, -0.15) is 0 Å². The fraction of sp³-hybridized carbons (Fsp3) is 0.800. The predicted molar refractivity (Wildman–Crippen MR) is 86.1 cm³/mol. The van der Waals surface area contributed by atoms with Crippen molar-refractivity contribution in [2.24, 2.45) is 0 Å². The predicted octanol–water partition coefficient (Wildman–Crippen LogP) is 1.54. The van der Waals surface area contributed by atoms with Gasteiger partial charge in [0.15, 0.2) is 0 Å². The number of carbonyl (C=O) groups excluding carboxylic acids is 3. The smallest absolute Gasteiger partial charge is 0.407 e. The highest BCUT2D eigenvalue weighted by molar-refractivity contribution is 5.77. The topological polar surface area (TPSA) is 106 Å². The summed E-state index contributed by atoms with van der Waals surface area (Å²) in [5, 5.41) is 7.64. The molecule has 3 amide bonds. The first-order valence-corrected chi connectivity index (χ1v) is 7.59. The van der Waals surface area contributed by atoms with Gasteiger partial charge in [0.2, 0.25) is 5.91 Å². The van der Waals surface area contributed by atoms with Crippen LogP contribution < -0.4 is 16.0 Å². The Bertz CT molecular complexity index is 410. The van der Waals surface area contributed by atoms with E-state index >= 15 is 0 Å². The molecule has 0 spiro atoms. The zero-order valence-corrected chi connectivity index (χ0v) is 14.9. The fourth-order valence-corrected chi connectivity index (χ4v) is 1.36. The van der Waals surface area contributed by atoms with Crippen LogP contribution in [0.15, 0.2) is 0 Å². The van der Waals surface area contributed by atoms with E-state index in [9.17, 15) is 14.4 Å². The largest absolute Gasteiger partial charge is 0.444 e. The van der Waals surface area contributed by atoms with E-state index in [2.05, 4.69) is 16.0 Å². The molecule has 0 aromatic heterocycles. The minimum Gasteiger partial charge on any atom is -0.444 e. The van der Waals surface area contributed by atoms with E-state index in [4.69, 9.17) is 9.47 Å². The van der Waals surface area contributed by atoms with E-state index in [-0.39, 0.29) is 32.0 Å². The molecule has 8 nitrogen and oxygen atoms in total. The lowest BCUT2D eigenvalue weighted by atomic mass is 10.2. The highest BCUT2D eigenvalue weighted by Gasteiger charge is 2.16. The maximum Gasteiger partial charge on any atom is 0.407 e. The zero-order chi connectivity index (χ0) is 18.1. The van der Waals surface area contributed by atoms with Gasteiger partial charge in [-0.3, -0.25) is 4.79 Å². The Hall–Kier alpha value is -1.99. The summed E-state index contributed by atoms with van der Waals surface area (Å²) in [5.41, 5.74) is -1.12. The average molecular weight is 331 g/mol. The van der Waals surface area contributed by atoms with Crippen LogP contribution in [-0.4, -0.2) is 48.9 Å². The Labute approximate surface area is 137 Å². The van der Waals surface area contributed by atoms with E-state index < -0.39 is 23.4 Å². The van der Waals surface area contributed by atoms with Gasteiger partial charge < -0.3 is 25.4 Å². The van der Waals surface area contributed by atoms with Gasteiger partial charge in [0.25, 0.3) is 0 Å². The molecule has 23 heavy (non-hydrogen) atoms. The van der Waals surface area contributed by atoms with E-state index in [1.807, 2.05) is 0 Å². The summed E-state index contributed by atoms with van der Waals surface area (Å²) < 4.78 is 10.1. The molecule has 0 unspecified atom stereocenters. The quantitative estimate of drug-likeness (QED) is 0.640. The molecule has 0 atom stereocenters. The normalized spacial score (nSPS) is 11.4. The number of nitrogens with one attached hydrogen (secondary N) is 3. The monoisotopic (exact) mass is 331 g/mol. The van der Waals surface area contributed by atoms with Crippen molar-refractivity contribution < 1.29 is 23.9 Å². The van der Waals surface area contributed by atoms with E-state index in [0.29, 0.717) is 0 Å². The third-order valence-electron chi connectivity index (χ3n) is 2.14. The molecule has 0 heterocycles. The van der Waals surface area contributed by atoms with E-state index in [1.165, 1.54) is 0 Å². The lowest BCUT2D eigenvalue weighted by Gasteiger charge is -2.20. The molecule has 0 aliphatic heterocycles. The molecule has 0 aliphatic rings. The molecule has 0 fully saturated rings. The second kappa shape index (κ2) is 9.22. The Kier molecular flexibility index (Phi) is 8.42. The van der Waals surface area contributed by atoms with Crippen molar-refractivity contribution in [1.82, 2.24) is 16.0 Å². The van der Waals surface area contributed by atoms with Crippen molar-refractivity contribution in [2.75, 3.05) is 19.6 Å². The summed E-state index contributed by atoms with van der Waals surface area (Å²) in [5.74, 6) is -0.230. The summed E-state index contributed by atoms with van der Waals surface area (Å²) in [6, 6.07) is 0. The van der Waals surface area contributed by atoms with Crippen LogP contribution in [0.2, 0.25) is 0 Å². The number of rotatable bonds is 6. The number of alkyl carbamates (subject to hydrolysis) is 2. The minimum absolute atomic E-state index is 0.131. The molecule has 134 valence electrons. The second-order valence-electron chi connectivity index (χ2n) is 6.96. The highest BCUT2D eigenvalue weighted by atomic mass is 16.6. The van der Waals surface area contributed by atoms with Gasteiger partial charge in [0.1, 0.15) is 11.2 Å². The first-order valence-electron chi connectivity index (χ1n) is 7.59. The van der Waals surface area contributed by atoms with Crippen LogP contribution in [0.1, 0.15) is 48.0 Å². The van der Waals surface area contributed by atoms with Crippen LogP contribution in [-0.2, 0) is 14.3 Å². The van der Waals surface area contributed by atoms with Crippen molar-refractivity contribution in [3.8, 4) is 0 Å². The Morgan fingerprint density at radius 1 is 0.696 bits per heavy atom. The summed E-state index contributed by atoms with van der Waals surface area (Å²) in [4.78, 5) is 34.3. The molecule has 0 aliphatic carbocycles. The van der Waals surface area contributed by atoms with Gasteiger partial charge in [-0.15, -0.1) is 0 Å². The van der Waals surface area contributed by atoms with Crippen LogP contribution >= 0.6 is 0 Å². The third kappa shape index (κ3) is 14.7. The number of amides is 3.